The Balaban J connectivity index is 2.03. The molecule has 0 atom stereocenters. The van der Waals surface area contributed by atoms with Crippen molar-refractivity contribution in [3.8, 4) is 0 Å². The minimum Gasteiger partial charge on any atom is -0.478 e. The Kier molecular flexibility index (Phi) is 4.90. The van der Waals surface area contributed by atoms with Crippen molar-refractivity contribution in [2.45, 2.75) is 25.7 Å². The highest BCUT2D eigenvalue weighted by atomic mass is 19.1. The molecule has 0 bridgehead atoms. The molecule has 1 fully saturated rings. The van der Waals surface area contributed by atoms with Crippen LogP contribution >= 0.6 is 0 Å². The number of rotatable bonds is 4. The third-order valence-corrected chi connectivity index (χ3v) is 4.02. The highest BCUT2D eigenvalue weighted by molar-refractivity contribution is 5.95. The molecule has 0 spiro atoms. The van der Waals surface area contributed by atoms with Crippen molar-refractivity contribution in [3.63, 3.8) is 0 Å². The second-order valence-corrected chi connectivity index (χ2v) is 5.44. The van der Waals surface area contributed by atoms with Gasteiger partial charge in [0.05, 0.1) is 11.3 Å². The van der Waals surface area contributed by atoms with E-state index in [0.717, 1.165) is 37.8 Å². The van der Waals surface area contributed by atoms with Gasteiger partial charge in [-0.25, -0.2) is 9.18 Å². The molecule has 6 heteroatoms. The van der Waals surface area contributed by atoms with E-state index >= 15 is 0 Å². The standard InChI is InChI=1S/C15H19FN2O3/c16-12-6-5-11(15(20)21)7-13(12)18-14(19)10-3-1-9(8-17)2-4-10/h5-7,9-10H,1-4,8,17H2,(H,18,19)(H,20,21). The molecule has 1 aliphatic carbocycles. The lowest BCUT2D eigenvalue weighted by Crippen LogP contribution is -2.29. The molecular weight excluding hydrogens is 275 g/mol. The smallest absolute Gasteiger partial charge is 0.335 e. The van der Waals surface area contributed by atoms with Crippen molar-refractivity contribution in [3.05, 3.63) is 29.6 Å². The van der Waals surface area contributed by atoms with E-state index in [-0.39, 0.29) is 23.1 Å². The minimum atomic E-state index is -1.16. The molecule has 114 valence electrons. The van der Waals surface area contributed by atoms with Gasteiger partial charge in [0.1, 0.15) is 5.82 Å². The quantitative estimate of drug-likeness (QED) is 0.794. The van der Waals surface area contributed by atoms with Gasteiger partial charge in [0.15, 0.2) is 0 Å². The third kappa shape index (κ3) is 3.78. The van der Waals surface area contributed by atoms with Crippen LogP contribution in [0.25, 0.3) is 0 Å². The van der Waals surface area contributed by atoms with E-state index in [1.807, 2.05) is 0 Å². The topological polar surface area (TPSA) is 92.4 Å². The number of benzene rings is 1. The van der Waals surface area contributed by atoms with Gasteiger partial charge in [0.25, 0.3) is 0 Å². The maximum atomic E-state index is 13.7. The average Bonchev–Trinajstić information content (AvgIpc) is 2.49. The van der Waals surface area contributed by atoms with Gasteiger partial charge >= 0.3 is 5.97 Å². The molecule has 21 heavy (non-hydrogen) atoms. The first kappa shape index (κ1) is 15.4. The van der Waals surface area contributed by atoms with Crippen LogP contribution in [0.5, 0.6) is 0 Å². The summed E-state index contributed by atoms with van der Waals surface area (Å²) in [6, 6.07) is 3.35. The summed E-state index contributed by atoms with van der Waals surface area (Å²) in [6.45, 7) is 0.629. The monoisotopic (exact) mass is 294 g/mol. The normalized spacial score (nSPS) is 21.8. The Morgan fingerprint density at radius 1 is 1.29 bits per heavy atom. The summed E-state index contributed by atoms with van der Waals surface area (Å²) >= 11 is 0. The number of amides is 1. The average molecular weight is 294 g/mol. The molecule has 1 aromatic carbocycles. The van der Waals surface area contributed by atoms with Crippen LogP contribution in [0, 0.1) is 17.7 Å². The summed E-state index contributed by atoms with van der Waals surface area (Å²) in [5.74, 6) is -1.76. The van der Waals surface area contributed by atoms with E-state index in [9.17, 15) is 14.0 Å². The molecule has 0 heterocycles. The molecule has 1 amide bonds. The fourth-order valence-electron chi connectivity index (χ4n) is 2.65. The van der Waals surface area contributed by atoms with E-state index in [1.165, 1.54) is 6.07 Å². The Labute approximate surface area is 122 Å². The summed E-state index contributed by atoms with van der Waals surface area (Å²) < 4.78 is 13.7. The first-order valence-corrected chi connectivity index (χ1v) is 7.05. The second-order valence-electron chi connectivity index (χ2n) is 5.44. The molecule has 0 aromatic heterocycles. The summed E-state index contributed by atoms with van der Waals surface area (Å²) in [4.78, 5) is 23.0. The number of carbonyl (C=O) groups is 2. The minimum absolute atomic E-state index is 0.0569. The summed E-state index contributed by atoms with van der Waals surface area (Å²) in [7, 11) is 0. The van der Waals surface area contributed by atoms with Crippen LogP contribution in [0.1, 0.15) is 36.0 Å². The Bertz CT molecular complexity index is 540. The fraction of sp³-hybridized carbons (Fsp3) is 0.467. The van der Waals surface area contributed by atoms with E-state index < -0.39 is 11.8 Å². The lowest BCUT2D eigenvalue weighted by atomic mass is 9.81. The molecule has 0 saturated heterocycles. The predicted octanol–water partition coefficient (Wildman–Crippen LogP) is 2.23. The zero-order valence-electron chi connectivity index (χ0n) is 11.6. The van der Waals surface area contributed by atoms with Crippen molar-refractivity contribution in [2.24, 2.45) is 17.6 Å². The number of nitrogens with two attached hydrogens (primary N) is 1. The van der Waals surface area contributed by atoms with Crippen LogP contribution in [0.2, 0.25) is 0 Å². The van der Waals surface area contributed by atoms with Crippen LogP contribution < -0.4 is 11.1 Å². The van der Waals surface area contributed by atoms with Crippen LogP contribution in [0.4, 0.5) is 10.1 Å². The van der Waals surface area contributed by atoms with E-state index in [0.29, 0.717) is 12.5 Å². The van der Waals surface area contributed by atoms with Gasteiger partial charge in [0.2, 0.25) is 5.91 Å². The molecule has 0 radical (unpaired) electrons. The van der Waals surface area contributed by atoms with Gasteiger partial charge in [-0.1, -0.05) is 0 Å². The number of hydrogen-bond acceptors (Lipinski definition) is 3. The Morgan fingerprint density at radius 2 is 1.95 bits per heavy atom. The number of carbonyl (C=O) groups excluding carboxylic acids is 1. The van der Waals surface area contributed by atoms with E-state index in [1.54, 1.807) is 0 Å². The molecule has 1 saturated carbocycles. The van der Waals surface area contributed by atoms with Crippen molar-refractivity contribution in [1.82, 2.24) is 0 Å². The maximum Gasteiger partial charge on any atom is 0.335 e. The molecule has 5 nitrogen and oxygen atoms in total. The fourth-order valence-corrected chi connectivity index (χ4v) is 2.65. The number of carboxylic acids is 1. The predicted molar refractivity (Wildman–Crippen MR) is 76.5 cm³/mol. The maximum absolute atomic E-state index is 13.7. The zero-order chi connectivity index (χ0) is 15.4. The Morgan fingerprint density at radius 3 is 2.52 bits per heavy atom. The highest BCUT2D eigenvalue weighted by Crippen LogP contribution is 2.29. The van der Waals surface area contributed by atoms with Crippen LogP contribution in [0.15, 0.2) is 18.2 Å². The number of nitrogens with one attached hydrogen (secondary N) is 1. The number of anilines is 1. The summed E-state index contributed by atoms with van der Waals surface area (Å²) in [5, 5.41) is 11.4. The van der Waals surface area contributed by atoms with Crippen molar-refractivity contribution in [1.29, 1.82) is 0 Å². The van der Waals surface area contributed by atoms with Gasteiger partial charge in [-0.05, 0) is 56.3 Å². The van der Waals surface area contributed by atoms with Gasteiger partial charge < -0.3 is 16.2 Å². The largest absolute Gasteiger partial charge is 0.478 e. The number of hydrogen-bond donors (Lipinski definition) is 3. The van der Waals surface area contributed by atoms with Crippen molar-refractivity contribution < 1.29 is 19.1 Å². The molecular formula is C15H19FN2O3. The van der Waals surface area contributed by atoms with Gasteiger partial charge in [0, 0.05) is 5.92 Å². The number of carboxylic acid groups (broad SMARTS) is 1. The highest BCUT2D eigenvalue weighted by Gasteiger charge is 2.26. The van der Waals surface area contributed by atoms with E-state index in [2.05, 4.69) is 5.32 Å². The van der Waals surface area contributed by atoms with Crippen LogP contribution in [-0.4, -0.2) is 23.5 Å². The van der Waals surface area contributed by atoms with Crippen LogP contribution in [-0.2, 0) is 4.79 Å². The van der Waals surface area contributed by atoms with Crippen molar-refractivity contribution in [2.75, 3.05) is 11.9 Å². The third-order valence-electron chi connectivity index (χ3n) is 4.02. The van der Waals surface area contributed by atoms with Crippen molar-refractivity contribution >= 4 is 17.6 Å². The SMILES string of the molecule is NCC1CCC(C(=O)Nc2cc(C(=O)O)ccc2F)CC1. The first-order valence-electron chi connectivity index (χ1n) is 7.05. The second kappa shape index (κ2) is 6.67. The van der Waals surface area contributed by atoms with E-state index in [4.69, 9.17) is 10.8 Å². The zero-order valence-corrected chi connectivity index (χ0v) is 11.6. The lowest BCUT2D eigenvalue weighted by molar-refractivity contribution is -0.121. The van der Waals surface area contributed by atoms with Gasteiger partial charge in [-0.15, -0.1) is 0 Å². The van der Waals surface area contributed by atoms with Crippen LogP contribution in [0.3, 0.4) is 0 Å². The molecule has 1 aromatic rings. The van der Waals surface area contributed by atoms with Gasteiger partial charge in [-0.3, -0.25) is 4.79 Å². The number of aromatic carboxylic acids is 1. The first-order chi connectivity index (χ1) is 10.0. The number of halogens is 1. The summed E-state index contributed by atoms with van der Waals surface area (Å²) in [6.07, 6.45) is 3.25. The summed E-state index contributed by atoms with van der Waals surface area (Å²) in [5.41, 5.74) is 5.47. The Hall–Kier alpha value is -1.95. The van der Waals surface area contributed by atoms with Gasteiger partial charge in [-0.2, -0.15) is 0 Å². The molecule has 4 N–H and O–H groups in total. The molecule has 1 aliphatic rings. The molecule has 2 rings (SSSR count). The molecule has 0 unspecified atom stereocenters. The molecule has 0 aliphatic heterocycles. The lowest BCUT2D eigenvalue weighted by Gasteiger charge is -2.26.